The van der Waals surface area contributed by atoms with Crippen LogP contribution >= 0.6 is 0 Å². The molecule has 61 heavy (non-hydrogen) atoms. The predicted octanol–water partition coefficient (Wildman–Crippen LogP) is 6.74. The number of rotatable bonds is 4. The topological polar surface area (TPSA) is 217 Å². The molecule has 6 rings (SSSR count). The lowest BCUT2D eigenvalue weighted by atomic mass is 9.78. The van der Waals surface area contributed by atoms with Crippen LogP contribution in [0.5, 0.6) is 23.0 Å². The van der Waals surface area contributed by atoms with E-state index in [4.69, 9.17) is 18.9 Å². The van der Waals surface area contributed by atoms with Gasteiger partial charge in [0.1, 0.15) is 23.4 Å². The van der Waals surface area contributed by atoms with Crippen LogP contribution in [-0.2, 0) is 23.8 Å². The number of aliphatic hydroxyl groups is 2. The highest BCUT2D eigenvalue weighted by Gasteiger charge is 2.50. The van der Waals surface area contributed by atoms with Gasteiger partial charge in [0.15, 0.2) is 5.75 Å². The number of ketones is 1. The first kappa shape index (κ1) is 46.9. The summed E-state index contributed by atoms with van der Waals surface area (Å²) in [6, 6.07) is 0. The lowest BCUT2D eigenvalue weighted by Crippen LogP contribution is -2.46. The fourth-order valence-electron chi connectivity index (χ4n) is 8.53. The second-order valence-corrected chi connectivity index (χ2v) is 16.9. The largest absolute Gasteiger partial charge is 0.507 e. The van der Waals surface area contributed by atoms with Crippen molar-refractivity contribution in [2.45, 2.75) is 124 Å². The number of aromatic hydroxyl groups is 3. The zero-order valence-corrected chi connectivity index (χ0v) is 36.7. The van der Waals surface area contributed by atoms with Crippen LogP contribution in [-0.4, -0.2) is 105 Å². The molecule has 9 atom stereocenters. The van der Waals surface area contributed by atoms with Crippen molar-refractivity contribution < 1.29 is 58.9 Å². The molecule has 15 heteroatoms. The van der Waals surface area contributed by atoms with Gasteiger partial charge in [-0.25, -0.2) is 0 Å². The second kappa shape index (κ2) is 19.7. The van der Waals surface area contributed by atoms with E-state index in [1.54, 1.807) is 39.8 Å². The van der Waals surface area contributed by atoms with Gasteiger partial charge in [-0.05, 0) is 32.8 Å². The summed E-state index contributed by atoms with van der Waals surface area (Å²) in [6.07, 6.45) is 11.1. The normalized spacial score (nSPS) is 31.7. The summed E-state index contributed by atoms with van der Waals surface area (Å²) in [5, 5.41) is 67.5. The van der Waals surface area contributed by atoms with Crippen LogP contribution in [0.3, 0.4) is 0 Å². The Morgan fingerprint density at radius 3 is 2.16 bits per heavy atom. The molecule has 5 bridgehead atoms. The average molecular weight is 850 g/mol. The quantitative estimate of drug-likeness (QED) is 0.0814. The van der Waals surface area contributed by atoms with E-state index >= 15 is 0 Å². The number of benzene rings is 2. The molecule has 4 aliphatic rings. The molecule has 0 radical (unpaired) electrons. The van der Waals surface area contributed by atoms with Gasteiger partial charge >= 0.3 is 11.8 Å². The molecule has 6 N–H and O–H groups in total. The molecule has 2 aromatic carbocycles. The third kappa shape index (κ3) is 9.84. The Hall–Kier alpha value is -5.12. The van der Waals surface area contributed by atoms with Crippen molar-refractivity contribution in [1.82, 2.24) is 5.01 Å². The number of ether oxygens (including phenoxy) is 4. The van der Waals surface area contributed by atoms with Gasteiger partial charge in [-0.2, -0.15) is 5.10 Å². The fraction of sp³-hybridized carbons (Fsp3) is 0.565. The average Bonchev–Trinajstić information content (AvgIpc) is 3.56. The number of methoxy groups -OCH3 is 1. The molecule has 334 valence electrons. The summed E-state index contributed by atoms with van der Waals surface area (Å²) >= 11 is 0. The minimum atomic E-state index is -2.04. The predicted molar refractivity (Wildman–Crippen MR) is 231 cm³/mol. The number of hydrogen-bond donors (Lipinski definition) is 6. The van der Waals surface area contributed by atoms with Crippen molar-refractivity contribution in [3.05, 3.63) is 52.8 Å². The number of carbonyl (C=O) groups is 3. The molecule has 9 unspecified atom stereocenters. The minimum absolute atomic E-state index is 0.0645. The van der Waals surface area contributed by atoms with E-state index in [-0.39, 0.29) is 44.5 Å². The molecule has 1 fully saturated rings. The maximum Gasteiger partial charge on any atom is 0.312 e. The lowest BCUT2D eigenvalue weighted by Gasteiger charge is -2.38. The van der Waals surface area contributed by atoms with Crippen LogP contribution in [0, 0.1) is 30.6 Å². The fourth-order valence-corrected chi connectivity index (χ4v) is 8.53. The molecular weight excluding hydrogens is 787 g/mol. The Morgan fingerprint density at radius 2 is 1.54 bits per heavy atom. The zero-order chi connectivity index (χ0) is 44.9. The van der Waals surface area contributed by atoms with Crippen LogP contribution in [0.4, 0.5) is 5.69 Å². The molecule has 1 saturated heterocycles. The molecule has 0 aliphatic carbocycles. The highest BCUT2D eigenvalue weighted by molar-refractivity contribution is 6.23. The summed E-state index contributed by atoms with van der Waals surface area (Å²) in [5.74, 6) is -8.25. The van der Waals surface area contributed by atoms with Crippen molar-refractivity contribution in [3.63, 3.8) is 0 Å². The molecule has 2 aromatic rings. The number of phenolic OH excluding ortho intramolecular Hbond substituents is 3. The number of amides is 1. The van der Waals surface area contributed by atoms with Crippen molar-refractivity contribution in [3.8, 4) is 23.0 Å². The summed E-state index contributed by atoms with van der Waals surface area (Å²) in [5.41, 5.74) is -0.276. The first-order valence-corrected chi connectivity index (χ1v) is 21.2. The van der Waals surface area contributed by atoms with Crippen LogP contribution in [0.25, 0.3) is 10.8 Å². The number of esters is 1. The van der Waals surface area contributed by atoms with Gasteiger partial charge < -0.3 is 49.8 Å². The minimum Gasteiger partial charge on any atom is -0.507 e. The standard InChI is InChI=1S/C46H63N3O12/c1-24-17-16-18-25(2)45(57)48-36-31(23-47-49-20-14-12-10-11-13-15-21-49)40(54)33-34(41(36)55)39(53)29(6)43-35(33)44(56)46(8,61-43)59-22-19-32(58-9)26(3)42(60-30(7)50)28(5)38(52)27(4)37(24)51/h16-19,22-24,26-28,32,37-38,42,51-55H,10-15,20-21H2,1-9H3,(H,48,57)/b17-16+,22-19+,25-18+,47-23+. The van der Waals surface area contributed by atoms with Gasteiger partial charge in [0.05, 0.1) is 53.0 Å². The van der Waals surface area contributed by atoms with Crippen molar-refractivity contribution in [2.24, 2.45) is 28.8 Å². The van der Waals surface area contributed by atoms with E-state index in [9.17, 15) is 39.9 Å². The van der Waals surface area contributed by atoms with E-state index in [1.165, 1.54) is 59.4 Å². The summed E-state index contributed by atoms with van der Waals surface area (Å²) in [4.78, 5) is 40.7. The number of nitrogens with zero attached hydrogens (tertiary/aromatic N) is 2. The van der Waals surface area contributed by atoms with E-state index in [0.717, 1.165) is 38.5 Å². The Morgan fingerprint density at radius 1 is 0.902 bits per heavy atom. The number of aliphatic hydroxyl groups excluding tert-OH is 2. The molecule has 4 aliphatic heterocycles. The molecule has 0 spiro atoms. The number of hydrogen-bond acceptors (Lipinski definition) is 14. The number of hydrazone groups is 1. The monoisotopic (exact) mass is 849 g/mol. The van der Waals surface area contributed by atoms with E-state index in [1.807, 2.05) is 5.01 Å². The summed E-state index contributed by atoms with van der Waals surface area (Å²) in [6.45, 7) is 13.9. The Bertz CT molecular complexity index is 2090. The van der Waals surface area contributed by atoms with Gasteiger partial charge in [0.25, 0.3) is 11.7 Å². The van der Waals surface area contributed by atoms with E-state index < -0.39 is 88.8 Å². The SMILES string of the molecule is COC1/C=C/OC2(C)Oc3c(C)c(O)c4c(O)c(c(/C=N/N5CCCCCCCC5)c(O)c4c3C2=O)NC(=O)/C(C)=C/C=C/C(C)C(O)C(C)C(O)C(C)C(OC(C)=O)C1C. The number of allylic oxidation sites excluding steroid dienone is 2. The molecule has 0 saturated carbocycles. The third-order valence-corrected chi connectivity index (χ3v) is 12.5. The third-order valence-electron chi connectivity index (χ3n) is 12.5. The highest BCUT2D eigenvalue weighted by Crippen LogP contribution is 2.55. The number of anilines is 1. The van der Waals surface area contributed by atoms with Gasteiger partial charge in [0, 0.05) is 74.2 Å². The second-order valence-electron chi connectivity index (χ2n) is 16.9. The molecule has 0 aromatic heterocycles. The molecule has 4 heterocycles. The number of fused-ring (bicyclic) bond motifs is 14. The maximum absolute atomic E-state index is 14.5. The summed E-state index contributed by atoms with van der Waals surface area (Å²) in [7, 11) is 1.44. The molecule has 1 amide bonds. The van der Waals surface area contributed by atoms with E-state index in [0.29, 0.717) is 13.1 Å². The van der Waals surface area contributed by atoms with Crippen molar-refractivity contribution in [1.29, 1.82) is 0 Å². The number of nitrogens with one attached hydrogen (secondary N) is 1. The van der Waals surface area contributed by atoms with Crippen LogP contribution < -0.4 is 10.1 Å². The van der Waals surface area contributed by atoms with Crippen LogP contribution in [0.15, 0.2) is 41.2 Å². The number of Topliss-reactive ketones (excluding diaryl/α,β-unsaturated/α-hetero) is 1. The summed E-state index contributed by atoms with van der Waals surface area (Å²) < 4.78 is 23.7. The van der Waals surface area contributed by atoms with Crippen LogP contribution in [0.2, 0.25) is 0 Å². The van der Waals surface area contributed by atoms with Gasteiger partial charge in [-0.1, -0.05) is 71.6 Å². The number of carbonyl (C=O) groups excluding carboxylic acids is 3. The first-order chi connectivity index (χ1) is 28.8. The Balaban J connectivity index is 1.71. The first-order valence-electron chi connectivity index (χ1n) is 21.2. The van der Waals surface area contributed by atoms with Gasteiger partial charge in [-0.3, -0.25) is 19.4 Å². The van der Waals surface area contributed by atoms with Crippen LogP contribution in [0.1, 0.15) is 108 Å². The smallest absolute Gasteiger partial charge is 0.312 e. The van der Waals surface area contributed by atoms with Gasteiger partial charge in [-0.15, -0.1) is 0 Å². The molecule has 15 nitrogen and oxygen atoms in total. The Labute approximate surface area is 357 Å². The zero-order valence-electron chi connectivity index (χ0n) is 36.7. The Kier molecular flexibility index (Phi) is 15.2. The molecular formula is C46H63N3O12. The highest BCUT2D eigenvalue weighted by atomic mass is 16.7. The van der Waals surface area contributed by atoms with Crippen molar-refractivity contribution in [2.75, 3.05) is 25.5 Å². The van der Waals surface area contributed by atoms with Crippen molar-refractivity contribution >= 4 is 40.3 Å². The lowest BCUT2D eigenvalue weighted by molar-refractivity contribution is -0.160. The van der Waals surface area contributed by atoms with Gasteiger partial charge in [0.2, 0.25) is 0 Å². The maximum atomic E-state index is 14.5. The van der Waals surface area contributed by atoms with E-state index in [2.05, 4.69) is 10.4 Å². The number of phenols is 3.